The zero-order valence-corrected chi connectivity index (χ0v) is 13.4. The fourth-order valence-corrected chi connectivity index (χ4v) is 2.64. The minimum absolute atomic E-state index is 0.181. The lowest BCUT2D eigenvalue weighted by atomic mass is 10.0. The zero-order chi connectivity index (χ0) is 15.4. The Morgan fingerprint density at radius 1 is 1.33 bits per heavy atom. The van der Waals surface area contributed by atoms with Crippen LogP contribution in [0.15, 0.2) is 30.5 Å². The van der Waals surface area contributed by atoms with Crippen LogP contribution in [-0.4, -0.2) is 16.3 Å². The highest BCUT2D eigenvalue weighted by molar-refractivity contribution is 6.31. The molecule has 0 fully saturated rings. The first kappa shape index (κ1) is 16.0. The Kier molecular flexibility index (Phi) is 5.37. The van der Waals surface area contributed by atoms with Crippen molar-refractivity contribution in [1.82, 2.24) is 15.1 Å². The second-order valence-corrected chi connectivity index (χ2v) is 5.74. The number of benzene rings is 1. The van der Waals surface area contributed by atoms with Gasteiger partial charge in [0.1, 0.15) is 5.82 Å². The van der Waals surface area contributed by atoms with E-state index in [1.54, 1.807) is 12.1 Å². The molecule has 2 rings (SSSR count). The first-order valence-corrected chi connectivity index (χ1v) is 7.62. The van der Waals surface area contributed by atoms with Crippen molar-refractivity contribution in [2.24, 2.45) is 0 Å². The molecule has 0 bridgehead atoms. The van der Waals surface area contributed by atoms with E-state index in [1.165, 1.54) is 6.07 Å². The molecule has 1 aromatic heterocycles. The Hall–Kier alpha value is -1.39. The van der Waals surface area contributed by atoms with Crippen molar-refractivity contribution in [3.63, 3.8) is 0 Å². The van der Waals surface area contributed by atoms with E-state index in [1.807, 2.05) is 23.9 Å². The van der Waals surface area contributed by atoms with Crippen molar-refractivity contribution in [3.8, 4) is 0 Å². The van der Waals surface area contributed by atoms with Gasteiger partial charge < -0.3 is 5.32 Å². The average molecular weight is 310 g/mol. The van der Waals surface area contributed by atoms with Crippen LogP contribution in [0.2, 0.25) is 5.02 Å². The molecule has 3 nitrogen and oxygen atoms in total. The molecule has 0 aliphatic carbocycles. The lowest BCUT2D eigenvalue weighted by molar-refractivity contribution is 0.490. The van der Waals surface area contributed by atoms with Gasteiger partial charge in [0.25, 0.3) is 0 Å². The van der Waals surface area contributed by atoms with Gasteiger partial charge in [-0.25, -0.2) is 4.39 Å². The van der Waals surface area contributed by atoms with Crippen LogP contribution >= 0.6 is 11.6 Å². The van der Waals surface area contributed by atoms with Gasteiger partial charge in [-0.3, -0.25) is 4.68 Å². The number of hydrogen-bond donors (Lipinski definition) is 1. The van der Waals surface area contributed by atoms with Gasteiger partial charge in [-0.05, 0) is 38.6 Å². The molecule has 0 saturated carbocycles. The van der Waals surface area contributed by atoms with Gasteiger partial charge in [0.05, 0.1) is 5.69 Å². The standard InChI is InChI=1S/C16H21ClFN3/c1-4-19-15(16-13(17)6-5-7-14(16)18)10-12-8-9-21(20-12)11(2)3/h5-9,11,15,19H,4,10H2,1-3H3. The Morgan fingerprint density at radius 2 is 2.10 bits per heavy atom. The van der Waals surface area contributed by atoms with E-state index < -0.39 is 0 Å². The normalized spacial score (nSPS) is 12.9. The van der Waals surface area contributed by atoms with Crippen LogP contribution in [0.4, 0.5) is 4.39 Å². The molecule has 0 radical (unpaired) electrons. The summed E-state index contributed by atoms with van der Waals surface area (Å²) in [5.74, 6) is -0.281. The molecule has 0 saturated heterocycles. The third kappa shape index (κ3) is 3.83. The molecule has 1 N–H and O–H groups in total. The molecule has 1 atom stereocenters. The van der Waals surface area contributed by atoms with Crippen LogP contribution in [0.1, 0.15) is 44.1 Å². The third-order valence-corrected chi connectivity index (χ3v) is 3.73. The van der Waals surface area contributed by atoms with Crippen molar-refractivity contribution in [2.75, 3.05) is 6.54 Å². The predicted octanol–water partition coefficient (Wildman–Crippen LogP) is 4.15. The maximum absolute atomic E-state index is 14.1. The minimum atomic E-state index is -0.281. The highest BCUT2D eigenvalue weighted by Crippen LogP contribution is 2.28. The molecule has 1 heterocycles. The summed E-state index contributed by atoms with van der Waals surface area (Å²) in [6.45, 7) is 6.88. The topological polar surface area (TPSA) is 29.9 Å². The average Bonchev–Trinajstić information content (AvgIpc) is 2.87. The van der Waals surface area contributed by atoms with Gasteiger partial charge in [-0.1, -0.05) is 24.6 Å². The zero-order valence-electron chi connectivity index (χ0n) is 12.6. The van der Waals surface area contributed by atoms with Crippen molar-refractivity contribution >= 4 is 11.6 Å². The Labute approximate surface area is 130 Å². The van der Waals surface area contributed by atoms with Gasteiger partial charge in [-0.2, -0.15) is 5.10 Å². The van der Waals surface area contributed by atoms with E-state index in [9.17, 15) is 4.39 Å². The summed E-state index contributed by atoms with van der Waals surface area (Å²) in [5, 5.41) is 8.27. The Morgan fingerprint density at radius 3 is 2.67 bits per heavy atom. The van der Waals surface area contributed by atoms with Crippen molar-refractivity contribution in [2.45, 2.75) is 39.3 Å². The summed E-state index contributed by atoms with van der Waals surface area (Å²) >= 11 is 6.18. The number of nitrogens with one attached hydrogen (secondary N) is 1. The summed E-state index contributed by atoms with van der Waals surface area (Å²) in [5.41, 5.74) is 1.44. The molecule has 0 aliphatic heterocycles. The smallest absolute Gasteiger partial charge is 0.129 e. The van der Waals surface area contributed by atoms with Gasteiger partial charge in [0.2, 0.25) is 0 Å². The minimum Gasteiger partial charge on any atom is -0.310 e. The lowest BCUT2D eigenvalue weighted by Gasteiger charge is -2.19. The third-order valence-electron chi connectivity index (χ3n) is 3.40. The van der Waals surface area contributed by atoms with Crippen LogP contribution < -0.4 is 5.32 Å². The number of nitrogens with zero attached hydrogens (tertiary/aromatic N) is 2. The lowest BCUT2D eigenvalue weighted by Crippen LogP contribution is -2.24. The summed E-state index contributed by atoms with van der Waals surface area (Å²) in [6.07, 6.45) is 2.56. The van der Waals surface area contributed by atoms with Crippen LogP contribution in [0.3, 0.4) is 0 Å². The van der Waals surface area contributed by atoms with Crippen LogP contribution in [0.5, 0.6) is 0 Å². The first-order valence-electron chi connectivity index (χ1n) is 7.24. The summed E-state index contributed by atoms with van der Waals surface area (Å²) in [7, 11) is 0. The number of aromatic nitrogens is 2. The van der Waals surface area contributed by atoms with E-state index in [-0.39, 0.29) is 11.9 Å². The molecule has 5 heteroatoms. The molecule has 0 spiro atoms. The largest absolute Gasteiger partial charge is 0.310 e. The maximum Gasteiger partial charge on any atom is 0.129 e. The molecule has 21 heavy (non-hydrogen) atoms. The fraction of sp³-hybridized carbons (Fsp3) is 0.438. The van der Waals surface area contributed by atoms with E-state index in [0.29, 0.717) is 23.0 Å². The van der Waals surface area contributed by atoms with Gasteiger partial charge in [0.15, 0.2) is 0 Å². The van der Waals surface area contributed by atoms with Crippen LogP contribution in [0, 0.1) is 5.82 Å². The van der Waals surface area contributed by atoms with E-state index >= 15 is 0 Å². The molecule has 1 aromatic carbocycles. The van der Waals surface area contributed by atoms with Crippen LogP contribution in [-0.2, 0) is 6.42 Å². The van der Waals surface area contributed by atoms with Crippen LogP contribution in [0.25, 0.3) is 0 Å². The number of likely N-dealkylation sites (N-methyl/N-ethyl adjacent to an activating group) is 1. The maximum atomic E-state index is 14.1. The number of halogens is 2. The molecule has 114 valence electrons. The number of hydrogen-bond acceptors (Lipinski definition) is 2. The highest BCUT2D eigenvalue weighted by Gasteiger charge is 2.19. The fourth-order valence-electron chi connectivity index (χ4n) is 2.35. The van der Waals surface area contributed by atoms with E-state index in [4.69, 9.17) is 11.6 Å². The monoisotopic (exact) mass is 309 g/mol. The molecule has 0 aliphatic rings. The van der Waals surface area contributed by atoms with E-state index in [0.717, 1.165) is 12.2 Å². The molecule has 1 unspecified atom stereocenters. The molecular weight excluding hydrogens is 289 g/mol. The Bertz CT molecular complexity index is 575. The van der Waals surface area contributed by atoms with Gasteiger partial charge >= 0.3 is 0 Å². The second kappa shape index (κ2) is 7.05. The van der Waals surface area contributed by atoms with E-state index in [2.05, 4.69) is 24.3 Å². The number of rotatable bonds is 6. The summed E-state index contributed by atoms with van der Waals surface area (Å²) in [4.78, 5) is 0. The predicted molar refractivity (Wildman–Crippen MR) is 84.1 cm³/mol. The molecular formula is C16H21ClFN3. The quantitative estimate of drug-likeness (QED) is 0.868. The van der Waals surface area contributed by atoms with Crippen molar-refractivity contribution < 1.29 is 4.39 Å². The first-order chi connectivity index (χ1) is 10.0. The van der Waals surface area contributed by atoms with Gasteiger partial charge in [-0.15, -0.1) is 0 Å². The highest BCUT2D eigenvalue weighted by atomic mass is 35.5. The van der Waals surface area contributed by atoms with Crippen molar-refractivity contribution in [1.29, 1.82) is 0 Å². The second-order valence-electron chi connectivity index (χ2n) is 5.33. The summed E-state index contributed by atoms with van der Waals surface area (Å²) in [6, 6.07) is 6.89. The molecule has 0 amide bonds. The van der Waals surface area contributed by atoms with Gasteiger partial charge in [0, 0.05) is 35.3 Å². The Balaban J connectivity index is 2.26. The van der Waals surface area contributed by atoms with Crippen molar-refractivity contribution in [3.05, 3.63) is 52.6 Å². The summed E-state index contributed by atoms with van der Waals surface area (Å²) < 4.78 is 16.0. The molecule has 2 aromatic rings. The SMILES string of the molecule is CCNC(Cc1ccn(C(C)C)n1)c1c(F)cccc1Cl.